The maximum Gasteiger partial charge on any atom is 0.229 e. The van der Waals surface area contributed by atoms with E-state index in [0.717, 1.165) is 0 Å². The predicted octanol–water partition coefficient (Wildman–Crippen LogP) is 1.68. The lowest BCUT2D eigenvalue weighted by molar-refractivity contribution is -0.120. The quantitative estimate of drug-likeness (QED) is 0.864. The maximum absolute atomic E-state index is 12.1. The van der Waals surface area contributed by atoms with Gasteiger partial charge in [0.15, 0.2) is 0 Å². The van der Waals surface area contributed by atoms with Crippen LogP contribution in [0.1, 0.15) is 6.42 Å². The summed E-state index contributed by atoms with van der Waals surface area (Å²) in [4.78, 5) is 13.6. The van der Waals surface area contributed by atoms with Crippen molar-refractivity contribution in [2.45, 2.75) is 12.5 Å². The summed E-state index contributed by atoms with van der Waals surface area (Å²) in [5, 5.41) is 0.460. The third-order valence-corrected chi connectivity index (χ3v) is 3.19. The molecule has 2 N–H and O–H groups in total. The smallest absolute Gasteiger partial charge is 0.229 e. The Morgan fingerprint density at radius 3 is 2.63 bits per heavy atom. The Labute approximate surface area is 118 Å². The summed E-state index contributed by atoms with van der Waals surface area (Å²) in [6.45, 7) is 0.305. The fourth-order valence-electron chi connectivity index (χ4n) is 1.60. The summed E-state index contributed by atoms with van der Waals surface area (Å²) in [7, 11) is 4.76. The molecule has 0 aromatic heterocycles. The van der Waals surface area contributed by atoms with E-state index in [1.54, 1.807) is 32.4 Å². The Morgan fingerprint density at radius 2 is 2.16 bits per heavy atom. The highest BCUT2D eigenvalue weighted by Crippen LogP contribution is 2.28. The van der Waals surface area contributed by atoms with Crippen LogP contribution in [-0.4, -0.2) is 39.8 Å². The van der Waals surface area contributed by atoms with E-state index in [4.69, 9.17) is 26.8 Å². The number of rotatable bonds is 6. The Morgan fingerprint density at radius 1 is 1.47 bits per heavy atom. The van der Waals surface area contributed by atoms with Crippen LogP contribution in [-0.2, 0) is 9.53 Å². The number of hydrogen-bond donors (Lipinski definition) is 1. The zero-order valence-corrected chi connectivity index (χ0v) is 12.1. The second-order valence-corrected chi connectivity index (χ2v) is 4.48. The molecule has 106 valence electrons. The van der Waals surface area contributed by atoms with Crippen LogP contribution in [0.15, 0.2) is 18.2 Å². The summed E-state index contributed by atoms with van der Waals surface area (Å²) in [5.74, 6) is 0.488. The van der Waals surface area contributed by atoms with Crippen molar-refractivity contribution in [2.75, 3.05) is 32.7 Å². The lowest BCUT2D eigenvalue weighted by Gasteiger charge is -2.21. The number of amides is 1. The van der Waals surface area contributed by atoms with E-state index in [-0.39, 0.29) is 18.4 Å². The van der Waals surface area contributed by atoms with Gasteiger partial charge < -0.3 is 20.1 Å². The number of hydrogen-bond acceptors (Lipinski definition) is 4. The lowest BCUT2D eigenvalue weighted by Crippen LogP contribution is -2.33. The standard InChI is InChI=1S/C13H19ClN2O3/c1-16(13(17)7-10(8-15)18-2)9-4-5-12(19-3)11(14)6-9/h4-6,10H,7-8,15H2,1-3H3. The maximum atomic E-state index is 12.1. The molecule has 1 aromatic rings. The second-order valence-electron chi connectivity index (χ2n) is 4.07. The van der Waals surface area contributed by atoms with Crippen molar-refractivity contribution < 1.29 is 14.3 Å². The van der Waals surface area contributed by atoms with Gasteiger partial charge in [-0.05, 0) is 18.2 Å². The molecule has 0 aliphatic heterocycles. The van der Waals surface area contributed by atoms with Gasteiger partial charge in [0.25, 0.3) is 0 Å². The Balaban J connectivity index is 2.79. The fourth-order valence-corrected chi connectivity index (χ4v) is 1.85. The number of anilines is 1. The van der Waals surface area contributed by atoms with Crippen molar-refractivity contribution in [3.05, 3.63) is 23.2 Å². The zero-order chi connectivity index (χ0) is 14.4. The number of halogens is 1. The lowest BCUT2D eigenvalue weighted by atomic mass is 10.2. The molecule has 6 heteroatoms. The molecule has 19 heavy (non-hydrogen) atoms. The normalized spacial score (nSPS) is 12.1. The topological polar surface area (TPSA) is 64.8 Å². The van der Waals surface area contributed by atoms with E-state index in [0.29, 0.717) is 23.0 Å². The fraction of sp³-hybridized carbons (Fsp3) is 0.462. The van der Waals surface area contributed by atoms with Crippen molar-refractivity contribution in [3.63, 3.8) is 0 Å². The predicted molar refractivity (Wildman–Crippen MR) is 75.9 cm³/mol. The van der Waals surface area contributed by atoms with Gasteiger partial charge in [0.05, 0.1) is 24.7 Å². The first-order valence-corrected chi connectivity index (χ1v) is 6.24. The van der Waals surface area contributed by atoms with Crippen molar-refractivity contribution in [2.24, 2.45) is 5.73 Å². The van der Waals surface area contributed by atoms with Crippen LogP contribution in [0, 0.1) is 0 Å². The Hall–Kier alpha value is -1.30. The molecule has 0 aliphatic rings. The highest BCUT2D eigenvalue weighted by atomic mass is 35.5. The van der Waals surface area contributed by atoms with Gasteiger partial charge in [0.1, 0.15) is 5.75 Å². The molecular formula is C13H19ClN2O3. The van der Waals surface area contributed by atoms with Crippen LogP contribution in [0.25, 0.3) is 0 Å². The minimum Gasteiger partial charge on any atom is -0.495 e. The Kier molecular flexibility index (Phi) is 6.08. The molecule has 0 spiro atoms. The number of methoxy groups -OCH3 is 2. The average molecular weight is 287 g/mol. The highest BCUT2D eigenvalue weighted by Gasteiger charge is 2.17. The van der Waals surface area contributed by atoms with E-state index < -0.39 is 0 Å². The minimum absolute atomic E-state index is 0.0847. The van der Waals surface area contributed by atoms with E-state index in [1.165, 1.54) is 12.0 Å². The molecule has 1 aromatic carbocycles. The molecule has 0 heterocycles. The molecule has 5 nitrogen and oxygen atoms in total. The first-order chi connectivity index (χ1) is 9.03. The molecule has 1 amide bonds. The summed E-state index contributed by atoms with van der Waals surface area (Å²) < 4.78 is 10.2. The molecule has 0 saturated heterocycles. The number of nitrogens with two attached hydrogens (primary N) is 1. The van der Waals surface area contributed by atoms with E-state index in [1.807, 2.05) is 0 Å². The summed E-state index contributed by atoms with van der Waals surface area (Å²) in [5.41, 5.74) is 6.20. The van der Waals surface area contributed by atoms with Gasteiger partial charge in [-0.3, -0.25) is 4.79 Å². The van der Waals surface area contributed by atoms with Crippen molar-refractivity contribution in [1.29, 1.82) is 0 Å². The van der Waals surface area contributed by atoms with Crippen LogP contribution in [0.4, 0.5) is 5.69 Å². The van der Waals surface area contributed by atoms with Gasteiger partial charge in [-0.15, -0.1) is 0 Å². The highest BCUT2D eigenvalue weighted by molar-refractivity contribution is 6.32. The van der Waals surface area contributed by atoms with Crippen molar-refractivity contribution >= 4 is 23.2 Å². The first kappa shape index (κ1) is 15.8. The minimum atomic E-state index is -0.274. The average Bonchev–Trinajstić information content (AvgIpc) is 2.43. The molecule has 0 radical (unpaired) electrons. The van der Waals surface area contributed by atoms with Crippen molar-refractivity contribution in [1.82, 2.24) is 0 Å². The summed E-state index contributed by atoms with van der Waals surface area (Å²) in [6.07, 6.45) is -0.0451. The SMILES string of the molecule is COc1ccc(N(C)C(=O)CC(CN)OC)cc1Cl. The van der Waals surface area contributed by atoms with Gasteiger partial charge in [-0.25, -0.2) is 0 Å². The molecule has 1 rings (SSSR count). The molecular weight excluding hydrogens is 268 g/mol. The molecule has 0 aliphatic carbocycles. The van der Waals surface area contributed by atoms with E-state index >= 15 is 0 Å². The van der Waals surface area contributed by atoms with Gasteiger partial charge in [0.2, 0.25) is 5.91 Å². The van der Waals surface area contributed by atoms with Gasteiger partial charge in [-0.2, -0.15) is 0 Å². The number of nitrogens with zero attached hydrogens (tertiary/aromatic N) is 1. The second kappa shape index (κ2) is 7.33. The van der Waals surface area contributed by atoms with Gasteiger partial charge in [0, 0.05) is 26.4 Å². The molecule has 1 atom stereocenters. The summed E-state index contributed by atoms with van der Waals surface area (Å²) >= 11 is 6.03. The summed E-state index contributed by atoms with van der Waals surface area (Å²) in [6, 6.07) is 5.17. The molecule has 0 saturated carbocycles. The molecule has 0 fully saturated rings. The third-order valence-electron chi connectivity index (χ3n) is 2.90. The number of ether oxygens (including phenoxy) is 2. The van der Waals surface area contributed by atoms with Crippen LogP contribution in [0.3, 0.4) is 0 Å². The number of benzene rings is 1. The van der Waals surface area contributed by atoms with E-state index in [9.17, 15) is 4.79 Å². The van der Waals surface area contributed by atoms with E-state index in [2.05, 4.69) is 0 Å². The first-order valence-electron chi connectivity index (χ1n) is 5.86. The monoisotopic (exact) mass is 286 g/mol. The van der Waals surface area contributed by atoms with Crippen LogP contribution < -0.4 is 15.4 Å². The largest absolute Gasteiger partial charge is 0.495 e. The van der Waals surface area contributed by atoms with Crippen LogP contribution in [0.2, 0.25) is 5.02 Å². The van der Waals surface area contributed by atoms with Crippen LogP contribution in [0.5, 0.6) is 5.75 Å². The van der Waals surface area contributed by atoms with Crippen molar-refractivity contribution in [3.8, 4) is 5.75 Å². The van der Waals surface area contributed by atoms with Gasteiger partial charge in [-0.1, -0.05) is 11.6 Å². The molecule has 0 bridgehead atoms. The molecule has 1 unspecified atom stereocenters. The van der Waals surface area contributed by atoms with Gasteiger partial charge >= 0.3 is 0 Å². The number of carbonyl (C=O) groups is 1. The number of carbonyl (C=O) groups excluding carboxylic acids is 1. The van der Waals surface area contributed by atoms with Crippen LogP contribution >= 0.6 is 11.6 Å². The third kappa shape index (κ3) is 4.09. The zero-order valence-electron chi connectivity index (χ0n) is 11.4. The Bertz CT molecular complexity index is 436.